The molecule has 0 amide bonds. The number of rotatable bonds is 11. The summed E-state index contributed by atoms with van der Waals surface area (Å²) < 4.78 is 16.7. The number of hydrogen-bond donors (Lipinski definition) is 2. The van der Waals surface area contributed by atoms with Crippen LogP contribution in [-0.2, 0) is 16.0 Å². The number of ether oxygens (including phenoxy) is 3. The number of nitrogens with zero attached hydrogens (tertiary/aromatic N) is 1. The van der Waals surface area contributed by atoms with E-state index in [0.29, 0.717) is 12.5 Å². The zero-order valence-electron chi connectivity index (χ0n) is 16.5. The Kier molecular flexibility index (Phi) is 13.3. The molecular weight excluding hydrogens is 457 g/mol. The smallest absolute Gasteiger partial charge is 0.191 e. The fourth-order valence-corrected chi connectivity index (χ4v) is 2.72. The lowest BCUT2D eigenvalue weighted by Gasteiger charge is -2.13. The second-order valence-corrected chi connectivity index (χ2v) is 6.51. The van der Waals surface area contributed by atoms with Gasteiger partial charge in [0.25, 0.3) is 0 Å². The molecule has 1 saturated heterocycles. The van der Waals surface area contributed by atoms with Crippen LogP contribution in [0.25, 0.3) is 0 Å². The highest BCUT2D eigenvalue weighted by molar-refractivity contribution is 14.0. The molecule has 2 rings (SSSR count). The first-order valence-electron chi connectivity index (χ1n) is 9.63. The fourth-order valence-electron chi connectivity index (χ4n) is 2.72. The van der Waals surface area contributed by atoms with Gasteiger partial charge in [-0.15, -0.1) is 24.0 Å². The molecule has 0 spiro atoms. The van der Waals surface area contributed by atoms with Gasteiger partial charge in [0.1, 0.15) is 5.75 Å². The van der Waals surface area contributed by atoms with Crippen LogP contribution in [0.5, 0.6) is 5.75 Å². The Balaban J connectivity index is 0.00000364. The average Bonchev–Trinajstić information content (AvgIpc) is 3.19. The summed E-state index contributed by atoms with van der Waals surface area (Å²) in [6, 6.07) is 8.16. The molecule has 1 atom stereocenters. The molecule has 154 valence electrons. The summed E-state index contributed by atoms with van der Waals surface area (Å²) in [6.07, 6.45) is 3.09. The van der Waals surface area contributed by atoms with Crippen LogP contribution in [0.1, 0.15) is 31.7 Å². The first kappa shape index (κ1) is 24.0. The predicted molar refractivity (Wildman–Crippen MR) is 120 cm³/mol. The maximum atomic E-state index is 5.71. The molecule has 2 N–H and O–H groups in total. The van der Waals surface area contributed by atoms with Gasteiger partial charge in [-0.05, 0) is 37.0 Å². The number of hydrogen-bond acceptors (Lipinski definition) is 4. The van der Waals surface area contributed by atoms with Crippen molar-refractivity contribution in [3.63, 3.8) is 0 Å². The van der Waals surface area contributed by atoms with Crippen molar-refractivity contribution in [3.8, 4) is 5.75 Å². The predicted octanol–water partition coefficient (Wildman–Crippen LogP) is 3.20. The molecule has 1 aromatic carbocycles. The topological polar surface area (TPSA) is 64.1 Å². The fraction of sp³-hybridized carbons (Fsp3) is 0.650. The van der Waals surface area contributed by atoms with E-state index in [9.17, 15) is 0 Å². The minimum absolute atomic E-state index is 0. The largest absolute Gasteiger partial charge is 0.494 e. The van der Waals surface area contributed by atoms with Crippen LogP contribution >= 0.6 is 24.0 Å². The molecule has 7 heteroatoms. The van der Waals surface area contributed by atoms with E-state index in [1.165, 1.54) is 5.56 Å². The van der Waals surface area contributed by atoms with Gasteiger partial charge in [-0.1, -0.05) is 19.1 Å². The molecule has 0 bridgehead atoms. The molecule has 27 heavy (non-hydrogen) atoms. The van der Waals surface area contributed by atoms with Crippen LogP contribution < -0.4 is 15.4 Å². The third kappa shape index (κ3) is 10.2. The molecule has 1 unspecified atom stereocenters. The van der Waals surface area contributed by atoms with E-state index in [1.54, 1.807) is 7.05 Å². The standard InChI is InChI=1S/C20H33N3O3.HI/c1-3-10-26-19-7-4-6-17(13-19)14-23-20(21-2)22-9-5-11-24-15-18-8-12-25-16-18;/h4,6-7,13,18H,3,5,8-12,14-16H2,1-2H3,(H2,21,22,23);1H. The highest BCUT2D eigenvalue weighted by atomic mass is 127. The third-order valence-electron chi connectivity index (χ3n) is 4.19. The summed E-state index contributed by atoms with van der Waals surface area (Å²) in [5.41, 5.74) is 1.17. The first-order valence-corrected chi connectivity index (χ1v) is 9.63. The molecule has 1 aliphatic heterocycles. The molecular formula is C20H34IN3O3. The number of benzene rings is 1. The Hall–Kier alpha value is -1.06. The molecule has 0 saturated carbocycles. The number of aliphatic imine (C=N–C) groups is 1. The van der Waals surface area contributed by atoms with E-state index in [-0.39, 0.29) is 24.0 Å². The Morgan fingerprint density at radius 2 is 2.19 bits per heavy atom. The van der Waals surface area contributed by atoms with Gasteiger partial charge in [-0.2, -0.15) is 0 Å². The van der Waals surface area contributed by atoms with E-state index < -0.39 is 0 Å². The van der Waals surface area contributed by atoms with Crippen LogP contribution in [-0.4, -0.2) is 52.6 Å². The summed E-state index contributed by atoms with van der Waals surface area (Å²) in [5, 5.41) is 6.65. The van der Waals surface area contributed by atoms with Crippen molar-refractivity contribution in [1.29, 1.82) is 0 Å². The Labute approximate surface area is 180 Å². The van der Waals surface area contributed by atoms with Crippen molar-refractivity contribution in [2.75, 3.05) is 46.6 Å². The van der Waals surface area contributed by atoms with Crippen LogP contribution in [0.4, 0.5) is 0 Å². The quantitative estimate of drug-likeness (QED) is 0.216. The van der Waals surface area contributed by atoms with Crippen molar-refractivity contribution in [2.45, 2.75) is 32.7 Å². The second kappa shape index (κ2) is 14.9. The van der Waals surface area contributed by atoms with Gasteiger partial charge < -0.3 is 24.8 Å². The summed E-state index contributed by atoms with van der Waals surface area (Å²) >= 11 is 0. The van der Waals surface area contributed by atoms with Gasteiger partial charge in [0.2, 0.25) is 0 Å². The zero-order chi connectivity index (χ0) is 18.5. The van der Waals surface area contributed by atoms with Gasteiger partial charge in [0.15, 0.2) is 5.96 Å². The summed E-state index contributed by atoms with van der Waals surface area (Å²) in [6.45, 7) is 7.69. The van der Waals surface area contributed by atoms with Crippen LogP contribution in [0.15, 0.2) is 29.3 Å². The summed E-state index contributed by atoms with van der Waals surface area (Å²) in [4.78, 5) is 4.26. The lowest BCUT2D eigenvalue weighted by atomic mass is 10.1. The normalized spacial score (nSPS) is 16.7. The molecule has 1 heterocycles. The maximum absolute atomic E-state index is 5.71. The monoisotopic (exact) mass is 491 g/mol. The zero-order valence-corrected chi connectivity index (χ0v) is 18.9. The SMILES string of the molecule is CCCOc1cccc(CNC(=NC)NCCCOCC2CCOC2)c1.I. The van der Waals surface area contributed by atoms with Crippen LogP contribution in [0, 0.1) is 5.92 Å². The van der Waals surface area contributed by atoms with Crippen molar-refractivity contribution >= 4 is 29.9 Å². The molecule has 0 aliphatic carbocycles. The summed E-state index contributed by atoms with van der Waals surface area (Å²) in [7, 11) is 1.78. The van der Waals surface area contributed by atoms with Crippen molar-refractivity contribution in [2.24, 2.45) is 10.9 Å². The third-order valence-corrected chi connectivity index (χ3v) is 4.19. The Morgan fingerprint density at radius 3 is 2.93 bits per heavy atom. The molecule has 0 radical (unpaired) electrons. The van der Waals surface area contributed by atoms with Crippen molar-refractivity contribution in [3.05, 3.63) is 29.8 Å². The van der Waals surface area contributed by atoms with Crippen molar-refractivity contribution < 1.29 is 14.2 Å². The summed E-state index contributed by atoms with van der Waals surface area (Å²) in [5.74, 6) is 2.29. The molecule has 1 aromatic rings. The van der Waals surface area contributed by atoms with Gasteiger partial charge in [-0.25, -0.2) is 0 Å². The van der Waals surface area contributed by atoms with Crippen molar-refractivity contribution in [1.82, 2.24) is 10.6 Å². The first-order chi connectivity index (χ1) is 12.8. The van der Waals surface area contributed by atoms with E-state index >= 15 is 0 Å². The van der Waals surface area contributed by atoms with Crippen LogP contribution in [0.3, 0.4) is 0 Å². The second-order valence-electron chi connectivity index (χ2n) is 6.51. The van der Waals surface area contributed by atoms with E-state index in [4.69, 9.17) is 14.2 Å². The Morgan fingerprint density at radius 1 is 1.30 bits per heavy atom. The number of nitrogens with one attached hydrogen (secondary N) is 2. The van der Waals surface area contributed by atoms with Gasteiger partial charge in [0.05, 0.1) is 19.8 Å². The highest BCUT2D eigenvalue weighted by Gasteiger charge is 2.15. The molecule has 1 fully saturated rings. The van der Waals surface area contributed by atoms with Gasteiger partial charge in [0, 0.05) is 39.3 Å². The number of halogens is 1. The van der Waals surface area contributed by atoms with E-state index in [2.05, 4.69) is 34.7 Å². The van der Waals surface area contributed by atoms with E-state index in [1.807, 2.05) is 12.1 Å². The van der Waals surface area contributed by atoms with E-state index in [0.717, 1.165) is 70.6 Å². The van der Waals surface area contributed by atoms with Crippen LogP contribution in [0.2, 0.25) is 0 Å². The highest BCUT2D eigenvalue weighted by Crippen LogP contribution is 2.13. The average molecular weight is 491 g/mol. The lowest BCUT2D eigenvalue weighted by Crippen LogP contribution is -2.37. The number of guanidine groups is 1. The molecule has 1 aliphatic rings. The lowest BCUT2D eigenvalue weighted by molar-refractivity contribution is 0.0888. The van der Waals surface area contributed by atoms with Gasteiger partial charge >= 0.3 is 0 Å². The molecule has 0 aromatic heterocycles. The van der Waals surface area contributed by atoms with Gasteiger partial charge in [-0.3, -0.25) is 4.99 Å². The molecule has 6 nitrogen and oxygen atoms in total. The minimum Gasteiger partial charge on any atom is -0.494 e. The maximum Gasteiger partial charge on any atom is 0.191 e. The minimum atomic E-state index is 0. The Bertz CT molecular complexity index is 537.